The number of carbonyl (C=O) groups excluding carboxylic acids is 1. The lowest BCUT2D eigenvalue weighted by atomic mass is 10.1. The number of H-pyrrole nitrogens is 1. The number of benzene rings is 1. The molecule has 24 heavy (non-hydrogen) atoms. The van der Waals surface area contributed by atoms with E-state index in [9.17, 15) is 4.79 Å². The van der Waals surface area contributed by atoms with Crippen LogP contribution in [0.2, 0.25) is 0 Å². The summed E-state index contributed by atoms with van der Waals surface area (Å²) >= 11 is 6.93. The van der Waals surface area contributed by atoms with E-state index in [2.05, 4.69) is 4.98 Å². The Bertz CT molecular complexity index is 788. The van der Waals surface area contributed by atoms with Crippen molar-refractivity contribution in [2.24, 2.45) is 0 Å². The standard InChI is InChI=1S/C17H20N2O3S2/c20-16(11-3-4-14-15(8-11)22-17(23)18-14)19(12-5-7-24-10-12)9-13-2-1-6-21-13/h3-4,8,12-13H,1-2,5-7,9-10H2,(H,18,23)/t12-,13+/m1/s1. The zero-order chi connectivity index (χ0) is 16.5. The topological polar surface area (TPSA) is 58.5 Å². The fourth-order valence-corrected chi connectivity index (χ4v) is 4.84. The fraction of sp³-hybridized carbons (Fsp3) is 0.529. The van der Waals surface area contributed by atoms with E-state index in [-0.39, 0.29) is 12.0 Å². The van der Waals surface area contributed by atoms with Gasteiger partial charge in [0.25, 0.3) is 10.7 Å². The van der Waals surface area contributed by atoms with Crippen molar-refractivity contribution in [3.8, 4) is 0 Å². The molecular weight excluding hydrogens is 344 g/mol. The first kappa shape index (κ1) is 16.2. The van der Waals surface area contributed by atoms with Crippen LogP contribution in [-0.4, -0.2) is 52.6 Å². The molecule has 2 aliphatic heterocycles. The van der Waals surface area contributed by atoms with E-state index in [0.717, 1.165) is 42.9 Å². The SMILES string of the molecule is O=C(c1ccc2[nH]c(=S)oc2c1)N(C[C@@H]1CCCO1)[C@@H]1CCSC1. The van der Waals surface area contributed by atoms with Crippen LogP contribution in [0.1, 0.15) is 29.6 Å². The number of nitrogens with zero attached hydrogens (tertiary/aromatic N) is 1. The second kappa shape index (κ2) is 6.90. The average molecular weight is 364 g/mol. The van der Waals surface area contributed by atoms with E-state index >= 15 is 0 Å². The lowest BCUT2D eigenvalue weighted by molar-refractivity contribution is 0.0442. The van der Waals surface area contributed by atoms with Gasteiger partial charge in [-0.2, -0.15) is 11.8 Å². The number of thioether (sulfide) groups is 1. The van der Waals surface area contributed by atoms with Crippen molar-refractivity contribution in [2.75, 3.05) is 24.7 Å². The smallest absolute Gasteiger partial charge is 0.266 e. The van der Waals surface area contributed by atoms with E-state index in [1.807, 2.05) is 28.8 Å². The number of carbonyl (C=O) groups is 1. The van der Waals surface area contributed by atoms with Crippen molar-refractivity contribution >= 4 is 41.0 Å². The quantitative estimate of drug-likeness (QED) is 0.840. The van der Waals surface area contributed by atoms with Crippen LogP contribution in [0.3, 0.4) is 0 Å². The number of nitrogens with one attached hydrogen (secondary N) is 1. The van der Waals surface area contributed by atoms with E-state index in [0.29, 0.717) is 28.6 Å². The first-order chi connectivity index (χ1) is 11.7. The number of aromatic nitrogens is 1. The molecule has 0 spiro atoms. The van der Waals surface area contributed by atoms with Gasteiger partial charge in [0.1, 0.15) is 0 Å². The van der Waals surface area contributed by atoms with Crippen molar-refractivity contribution in [1.82, 2.24) is 9.88 Å². The largest absolute Gasteiger partial charge is 0.429 e. The van der Waals surface area contributed by atoms with Crippen molar-refractivity contribution in [2.45, 2.75) is 31.4 Å². The highest BCUT2D eigenvalue weighted by molar-refractivity contribution is 7.99. The molecule has 1 amide bonds. The van der Waals surface area contributed by atoms with Gasteiger partial charge in [0.2, 0.25) is 0 Å². The summed E-state index contributed by atoms with van der Waals surface area (Å²) in [7, 11) is 0. The summed E-state index contributed by atoms with van der Waals surface area (Å²) in [5, 5.41) is 0. The highest BCUT2D eigenvalue weighted by Gasteiger charge is 2.31. The van der Waals surface area contributed by atoms with E-state index in [4.69, 9.17) is 21.4 Å². The van der Waals surface area contributed by atoms with Gasteiger partial charge in [-0.3, -0.25) is 4.79 Å². The Morgan fingerprint density at radius 2 is 2.33 bits per heavy atom. The van der Waals surface area contributed by atoms with Crippen LogP contribution in [0.4, 0.5) is 0 Å². The summed E-state index contributed by atoms with van der Waals surface area (Å²) < 4.78 is 11.2. The first-order valence-electron chi connectivity index (χ1n) is 8.34. The molecule has 4 rings (SSSR count). The third kappa shape index (κ3) is 3.25. The maximum Gasteiger partial charge on any atom is 0.266 e. The molecule has 1 aromatic carbocycles. The zero-order valence-electron chi connectivity index (χ0n) is 13.3. The molecule has 7 heteroatoms. The van der Waals surface area contributed by atoms with E-state index < -0.39 is 0 Å². The first-order valence-corrected chi connectivity index (χ1v) is 9.90. The molecule has 2 aliphatic rings. The fourth-order valence-electron chi connectivity index (χ4n) is 3.42. The number of ether oxygens (including phenoxy) is 1. The predicted molar refractivity (Wildman–Crippen MR) is 97.1 cm³/mol. The van der Waals surface area contributed by atoms with Crippen LogP contribution >= 0.6 is 24.0 Å². The van der Waals surface area contributed by atoms with E-state index in [1.54, 1.807) is 6.07 Å². The number of oxazole rings is 1. The predicted octanol–water partition coefficient (Wildman–Crippen LogP) is 3.62. The molecule has 0 radical (unpaired) electrons. The van der Waals surface area contributed by atoms with Gasteiger partial charge in [-0.05, 0) is 55.4 Å². The summed E-state index contributed by atoms with van der Waals surface area (Å²) in [6, 6.07) is 5.78. The molecule has 0 aliphatic carbocycles. The molecule has 2 fully saturated rings. The van der Waals surface area contributed by atoms with Gasteiger partial charge in [0, 0.05) is 30.5 Å². The Labute approximate surface area is 149 Å². The van der Waals surface area contributed by atoms with Crippen molar-refractivity contribution < 1.29 is 13.9 Å². The third-order valence-corrected chi connectivity index (χ3v) is 6.03. The molecule has 2 saturated heterocycles. The second-order valence-electron chi connectivity index (χ2n) is 6.34. The highest BCUT2D eigenvalue weighted by atomic mass is 32.2. The zero-order valence-corrected chi connectivity index (χ0v) is 15.0. The Hall–Kier alpha value is -1.31. The molecule has 1 N–H and O–H groups in total. The van der Waals surface area contributed by atoms with Crippen LogP contribution in [-0.2, 0) is 4.74 Å². The van der Waals surface area contributed by atoms with Gasteiger partial charge in [0.15, 0.2) is 5.58 Å². The van der Waals surface area contributed by atoms with Crippen LogP contribution < -0.4 is 0 Å². The van der Waals surface area contributed by atoms with Gasteiger partial charge < -0.3 is 19.0 Å². The Balaban J connectivity index is 1.61. The minimum atomic E-state index is 0.0576. The van der Waals surface area contributed by atoms with Crippen molar-refractivity contribution in [1.29, 1.82) is 0 Å². The Morgan fingerprint density at radius 1 is 1.42 bits per heavy atom. The normalized spacial score (nSPS) is 23.8. The maximum atomic E-state index is 13.2. The van der Waals surface area contributed by atoms with Crippen molar-refractivity contribution in [3.63, 3.8) is 0 Å². The molecule has 3 heterocycles. The Morgan fingerprint density at radius 3 is 3.08 bits per heavy atom. The summed E-state index contributed by atoms with van der Waals surface area (Å²) in [6.45, 7) is 1.49. The van der Waals surface area contributed by atoms with Crippen LogP contribution in [0.15, 0.2) is 22.6 Å². The minimum absolute atomic E-state index is 0.0576. The number of hydrogen-bond acceptors (Lipinski definition) is 5. The molecule has 0 saturated carbocycles. The van der Waals surface area contributed by atoms with Gasteiger partial charge in [-0.25, -0.2) is 0 Å². The summed E-state index contributed by atoms with van der Waals surface area (Å²) in [4.78, 5) is 18.5. The number of amides is 1. The number of fused-ring (bicyclic) bond motifs is 1. The van der Waals surface area contributed by atoms with E-state index in [1.165, 1.54) is 0 Å². The van der Waals surface area contributed by atoms with Crippen LogP contribution in [0.5, 0.6) is 0 Å². The summed E-state index contributed by atoms with van der Waals surface area (Å²) in [5.41, 5.74) is 2.09. The molecule has 0 unspecified atom stereocenters. The van der Waals surface area contributed by atoms with Crippen LogP contribution in [0.25, 0.3) is 11.1 Å². The molecule has 128 valence electrons. The monoisotopic (exact) mass is 364 g/mol. The summed E-state index contributed by atoms with van der Waals surface area (Å²) in [5.74, 6) is 2.18. The molecule has 2 atom stereocenters. The molecule has 0 bridgehead atoms. The lowest BCUT2D eigenvalue weighted by Crippen LogP contribution is -2.44. The number of hydrogen-bond donors (Lipinski definition) is 1. The highest BCUT2D eigenvalue weighted by Crippen LogP contribution is 2.26. The Kier molecular flexibility index (Phi) is 4.65. The summed E-state index contributed by atoms with van der Waals surface area (Å²) in [6.07, 6.45) is 3.34. The third-order valence-electron chi connectivity index (χ3n) is 4.70. The molecule has 5 nitrogen and oxygen atoms in total. The van der Waals surface area contributed by atoms with Gasteiger partial charge >= 0.3 is 0 Å². The minimum Gasteiger partial charge on any atom is -0.429 e. The number of aromatic amines is 1. The van der Waals surface area contributed by atoms with Gasteiger partial charge in [0.05, 0.1) is 11.6 Å². The average Bonchev–Trinajstić information content (AvgIpc) is 3.31. The van der Waals surface area contributed by atoms with Gasteiger partial charge in [-0.15, -0.1) is 0 Å². The number of rotatable bonds is 4. The lowest BCUT2D eigenvalue weighted by Gasteiger charge is -2.30. The molecular formula is C17H20N2O3S2. The van der Waals surface area contributed by atoms with Gasteiger partial charge in [-0.1, -0.05) is 0 Å². The second-order valence-corrected chi connectivity index (χ2v) is 7.86. The molecule has 2 aromatic rings. The molecule has 1 aromatic heterocycles. The maximum absolute atomic E-state index is 13.2. The van der Waals surface area contributed by atoms with Crippen molar-refractivity contribution in [3.05, 3.63) is 28.6 Å². The van der Waals surface area contributed by atoms with Crippen LogP contribution in [0, 0.1) is 4.84 Å².